The van der Waals surface area contributed by atoms with Crippen LogP contribution in [-0.2, 0) is 4.79 Å². The van der Waals surface area contributed by atoms with Gasteiger partial charge in [-0.15, -0.1) is 0 Å². The van der Waals surface area contributed by atoms with Crippen LogP contribution < -0.4 is 5.11 Å². The van der Waals surface area contributed by atoms with E-state index < -0.39 is 5.97 Å². The number of carboxylic acid groups (broad SMARTS) is 1. The van der Waals surface area contributed by atoms with Crippen molar-refractivity contribution in [2.45, 2.75) is 77.0 Å². The van der Waals surface area contributed by atoms with E-state index in [1.54, 1.807) is 0 Å². The molecule has 0 aliphatic heterocycles. The lowest BCUT2D eigenvalue weighted by Crippen LogP contribution is -2.21. The van der Waals surface area contributed by atoms with Crippen LogP contribution in [0.3, 0.4) is 0 Å². The Balaban J connectivity index is 3.06. The Morgan fingerprint density at radius 2 is 1.26 bits per heavy atom. The normalized spacial score (nSPS) is 11.2. The highest BCUT2D eigenvalue weighted by Crippen LogP contribution is 2.08. The maximum atomic E-state index is 10.2. The lowest BCUT2D eigenvalue weighted by atomic mass is 10.1. The van der Waals surface area contributed by atoms with E-state index in [0.29, 0.717) is 6.61 Å². The summed E-state index contributed by atoms with van der Waals surface area (Å²) in [4.78, 5) is 10.2. The zero-order valence-electron chi connectivity index (χ0n) is 12.1. The molecule has 0 unspecified atom stereocenters. The number of carboxylic acids is 1. The quantitative estimate of drug-likeness (QED) is 0.389. The summed E-state index contributed by atoms with van der Waals surface area (Å²) in [5.41, 5.74) is 0. The molecular weight excluding hydrogens is 240 g/mol. The third-order valence-corrected chi connectivity index (χ3v) is 3.20. The summed E-state index contributed by atoms with van der Waals surface area (Å²) in [6.45, 7) is 0.318. The van der Waals surface area contributed by atoms with E-state index in [4.69, 9.17) is 5.11 Å². The van der Waals surface area contributed by atoms with Crippen LogP contribution in [0.4, 0.5) is 0 Å². The monoisotopic (exact) mass is 269 g/mol. The summed E-state index contributed by atoms with van der Waals surface area (Å²) >= 11 is 0. The van der Waals surface area contributed by atoms with Crippen molar-refractivity contribution >= 4 is 5.97 Å². The molecule has 1 N–H and O–H groups in total. The number of rotatable bonds is 14. The van der Waals surface area contributed by atoms with Gasteiger partial charge in [0.25, 0.3) is 0 Å². The predicted molar refractivity (Wildman–Crippen MR) is 76.6 cm³/mol. The van der Waals surface area contributed by atoms with Crippen molar-refractivity contribution in [3.63, 3.8) is 0 Å². The van der Waals surface area contributed by atoms with Crippen molar-refractivity contribution in [2.75, 3.05) is 6.61 Å². The SMILES string of the molecule is O=C([O-])CCCCCCC/C=C/CCCCCCO. The number of carbonyl (C=O) groups is 1. The Hall–Kier alpha value is -0.830. The molecule has 0 aromatic carbocycles. The average Bonchev–Trinajstić information content (AvgIpc) is 2.39. The standard InChI is InChI=1S/C16H30O3/c17-15-13-11-9-7-5-3-1-2-4-6-8-10-12-14-16(18)19/h1,3,17H,2,4-15H2,(H,18,19)/p-1/b3-1+. The largest absolute Gasteiger partial charge is 0.550 e. The van der Waals surface area contributed by atoms with Crippen molar-refractivity contribution in [3.8, 4) is 0 Å². The summed E-state index contributed by atoms with van der Waals surface area (Å²) in [7, 11) is 0. The van der Waals surface area contributed by atoms with Crippen LogP contribution in [0.1, 0.15) is 77.0 Å². The highest BCUT2D eigenvalue weighted by Gasteiger charge is 1.91. The van der Waals surface area contributed by atoms with E-state index in [1.807, 2.05) is 0 Å². The molecule has 0 atom stereocenters. The fourth-order valence-corrected chi connectivity index (χ4v) is 2.03. The van der Waals surface area contributed by atoms with E-state index in [-0.39, 0.29) is 6.42 Å². The second-order valence-corrected chi connectivity index (χ2v) is 5.08. The van der Waals surface area contributed by atoms with Gasteiger partial charge in [-0.3, -0.25) is 0 Å². The highest BCUT2D eigenvalue weighted by molar-refractivity contribution is 5.63. The number of hydrogen-bond donors (Lipinski definition) is 1. The number of aliphatic hydroxyl groups is 1. The second kappa shape index (κ2) is 15.2. The summed E-state index contributed by atoms with van der Waals surface area (Å²) in [5.74, 6) is -0.929. The molecule has 0 fully saturated rings. The molecule has 0 spiro atoms. The van der Waals surface area contributed by atoms with Gasteiger partial charge in [-0.2, -0.15) is 0 Å². The number of hydrogen-bond acceptors (Lipinski definition) is 3. The molecule has 0 saturated carbocycles. The molecule has 0 radical (unpaired) electrons. The summed E-state index contributed by atoms with van der Waals surface area (Å²) in [5, 5.41) is 18.8. The van der Waals surface area contributed by atoms with Crippen LogP contribution in [0, 0.1) is 0 Å². The Labute approximate surface area is 117 Å². The van der Waals surface area contributed by atoms with Gasteiger partial charge in [0.1, 0.15) is 0 Å². The third-order valence-electron chi connectivity index (χ3n) is 3.20. The molecule has 3 nitrogen and oxygen atoms in total. The van der Waals surface area contributed by atoms with Crippen LogP contribution in [-0.4, -0.2) is 17.7 Å². The smallest absolute Gasteiger partial charge is 0.0431 e. The molecule has 0 rings (SSSR count). The van der Waals surface area contributed by atoms with Crippen LogP contribution in [0.5, 0.6) is 0 Å². The molecule has 0 aromatic heterocycles. The zero-order chi connectivity index (χ0) is 14.2. The summed E-state index contributed by atoms with van der Waals surface area (Å²) in [6, 6.07) is 0. The van der Waals surface area contributed by atoms with Gasteiger partial charge in [-0.05, 0) is 44.9 Å². The highest BCUT2D eigenvalue weighted by atomic mass is 16.4. The number of aliphatic carboxylic acids is 1. The minimum Gasteiger partial charge on any atom is -0.550 e. The second-order valence-electron chi connectivity index (χ2n) is 5.08. The van der Waals surface area contributed by atoms with Crippen LogP contribution in [0.15, 0.2) is 12.2 Å². The van der Waals surface area contributed by atoms with Gasteiger partial charge >= 0.3 is 0 Å². The fourth-order valence-electron chi connectivity index (χ4n) is 2.03. The number of allylic oxidation sites excluding steroid dienone is 2. The Morgan fingerprint density at radius 1 is 0.789 bits per heavy atom. The first kappa shape index (κ1) is 18.2. The van der Waals surface area contributed by atoms with Crippen LogP contribution in [0.2, 0.25) is 0 Å². The lowest BCUT2D eigenvalue weighted by Gasteiger charge is -2.01. The number of unbranched alkanes of at least 4 members (excludes halogenated alkanes) is 9. The van der Waals surface area contributed by atoms with E-state index >= 15 is 0 Å². The maximum Gasteiger partial charge on any atom is 0.0431 e. The molecular formula is C16H29O3-. The van der Waals surface area contributed by atoms with Crippen LogP contribution in [0.25, 0.3) is 0 Å². The topological polar surface area (TPSA) is 60.4 Å². The molecule has 0 amide bonds. The first-order chi connectivity index (χ1) is 9.27. The third kappa shape index (κ3) is 17.2. The Kier molecular flexibility index (Phi) is 14.6. The van der Waals surface area contributed by atoms with Crippen molar-refractivity contribution in [3.05, 3.63) is 12.2 Å². The lowest BCUT2D eigenvalue weighted by molar-refractivity contribution is -0.305. The maximum absolute atomic E-state index is 10.2. The molecule has 0 saturated heterocycles. The molecule has 112 valence electrons. The summed E-state index contributed by atoms with van der Waals surface area (Å²) in [6.07, 6.45) is 16.8. The van der Waals surface area contributed by atoms with Gasteiger partial charge in [-0.25, -0.2) is 0 Å². The summed E-state index contributed by atoms with van der Waals surface area (Å²) < 4.78 is 0. The van der Waals surface area contributed by atoms with E-state index in [1.165, 1.54) is 25.7 Å². The first-order valence-corrected chi connectivity index (χ1v) is 7.73. The van der Waals surface area contributed by atoms with Gasteiger partial charge in [0, 0.05) is 12.6 Å². The van der Waals surface area contributed by atoms with Crippen molar-refractivity contribution < 1.29 is 15.0 Å². The van der Waals surface area contributed by atoms with E-state index in [2.05, 4.69) is 12.2 Å². The molecule has 0 aromatic rings. The average molecular weight is 269 g/mol. The minimum absolute atomic E-state index is 0.205. The zero-order valence-corrected chi connectivity index (χ0v) is 12.1. The Morgan fingerprint density at radius 3 is 1.79 bits per heavy atom. The first-order valence-electron chi connectivity index (χ1n) is 7.73. The van der Waals surface area contributed by atoms with Crippen molar-refractivity contribution in [2.24, 2.45) is 0 Å². The van der Waals surface area contributed by atoms with Crippen molar-refractivity contribution in [1.82, 2.24) is 0 Å². The van der Waals surface area contributed by atoms with Crippen molar-refractivity contribution in [1.29, 1.82) is 0 Å². The van der Waals surface area contributed by atoms with Gasteiger partial charge in [0.15, 0.2) is 0 Å². The van der Waals surface area contributed by atoms with Gasteiger partial charge < -0.3 is 15.0 Å². The van der Waals surface area contributed by atoms with Crippen LogP contribution >= 0.6 is 0 Å². The predicted octanol–water partition coefficient (Wildman–Crippen LogP) is 2.97. The molecule has 0 bridgehead atoms. The van der Waals surface area contributed by atoms with Gasteiger partial charge in [0.05, 0.1) is 0 Å². The molecule has 0 aliphatic rings. The minimum atomic E-state index is -0.929. The van der Waals surface area contributed by atoms with E-state index in [0.717, 1.165) is 44.9 Å². The van der Waals surface area contributed by atoms with Gasteiger partial charge in [0.2, 0.25) is 0 Å². The molecule has 0 heterocycles. The van der Waals surface area contributed by atoms with Gasteiger partial charge in [-0.1, -0.05) is 44.3 Å². The molecule has 19 heavy (non-hydrogen) atoms. The fraction of sp³-hybridized carbons (Fsp3) is 0.812. The Bertz CT molecular complexity index is 224. The number of carbonyl (C=O) groups excluding carboxylic acids is 1. The molecule has 0 aliphatic carbocycles. The number of aliphatic hydroxyl groups excluding tert-OH is 1. The van der Waals surface area contributed by atoms with E-state index in [9.17, 15) is 9.90 Å². The molecule has 3 heteroatoms.